The van der Waals surface area contributed by atoms with Crippen LogP contribution < -0.4 is 10.7 Å². The molecule has 1 atom stereocenters. The van der Waals surface area contributed by atoms with E-state index in [2.05, 4.69) is 10.4 Å². The molecule has 2 aromatic carbocycles. The van der Waals surface area contributed by atoms with Crippen molar-refractivity contribution in [2.75, 3.05) is 6.54 Å². The maximum atomic E-state index is 12.7. The number of nitrogens with one attached hydrogen (secondary N) is 1. The Morgan fingerprint density at radius 3 is 2.50 bits per heavy atom. The third-order valence-electron chi connectivity index (χ3n) is 4.90. The summed E-state index contributed by atoms with van der Waals surface area (Å²) in [5, 5.41) is 18.3. The van der Waals surface area contributed by atoms with Crippen molar-refractivity contribution in [3.63, 3.8) is 0 Å². The van der Waals surface area contributed by atoms with Crippen molar-refractivity contribution in [1.82, 2.24) is 15.1 Å². The van der Waals surface area contributed by atoms with Crippen LogP contribution in [0.4, 0.5) is 5.69 Å². The number of carbonyl (C=O) groups excluding carboxylic acids is 1. The molecule has 3 rings (SSSR count). The molecule has 0 saturated carbocycles. The lowest BCUT2D eigenvalue weighted by Gasteiger charge is -2.16. The van der Waals surface area contributed by atoms with Gasteiger partial charge in [0.15, 0.2) is 5.69 Å². The minimum absolute atomic E-state index is 0.0954. The van der Waals surface area contributed by atoms with E-state index in [1.807, 2.05) is 37.3 Å². The van der Waals surface area contributed by atoms with Gasteiger partial charge in [-0.3, -0.25) is 19.7 Å². The molecule has 0 radical (unpaired) electrons. The highest BCUT2D eigenvalue weighted by molar-refractivity contribution is 5.92. The van der Waals surface area contributed by atoms with Crippen LogP contribution in [0.1, 0.15) is 41.0 Å². The molecule has 1 amide bonds. The average molecular weight is 406 g/mol. The molecule has 8 heteroatoms. The summed E-state index contributed by atoms with van der Waals surface area (Å²) in [7, 11) is 0. The molecule has 3 aromatic rings. The van der Waals surface area contributed by atoms with Gasteiger partial charge in [0.25, 0.3) is 11.6 Å². The predicted octanol–water partition coefficient (Wildman–Crippen LogP) is 3.37. The van der Waals surface area contributed by atoms with E-state index in [1.54, 1.807) is 19.1 Å². The first-order valence-corrected chi connectivity index (χ1v) is 9.60. The number of nitro benzene ring substituents is 1. The molecule has 30 heavy (non-hydrogen) atoms. The van der Waals surface area contributed by atoms with E-state index in [-0.39, 0.29) is 23.0 Å². The second-order valence-electron chi connectivity index (χ2n) is 6.88. The Morgan fingerprint density at radius 2 is 1.83 bits per heavy atom. The van der Waals surface area contributed by atoms with E-state index < -0.39 is 16.3 Å². The lowest BCUT2D eigenvalue weighted by molar-refractivity contribution is -0.384. The summed E-state index contributed by atoms with van der Waals surface area (Å²) in [5.41, 5.74) is 0.660. The number of hydrogen-bond donors (Lipinski definition) is 1. The van der Waals surface area contributed by atoms with Crippen molar-refractivity contribution in [3.05, 3.63) is 98.0 Å². The summed E-state index contributed by atoms with van der Waals surface area (Å²) >= 11 is 0. The topological polar surface area (TPSA) is 107 Å². The second kappa shape index (κ2) is 9.13. The molecule has 0 fully saturated rings. The van der Waals surface area contributed by atoms with Gasteiger partial charge in [-0.2, -0.15) is 5.10 Å². The summed E-state index contributed by atoms with van der Waals surface area (Å²) in [6, 6.07) is 17.1. The molecule has 1 aromatic heterocycles. The summed E-state index contributed by atoms with van der Waals surface area (Å²) < 4.78 is 1.25. The van der Waals surface area contributed by atoms with Gasteiger partial charge in [-0.05, 0) is 25.0 Å². The van der Waals surface area contributed by atoms with Crippen molar-refractivity contribution >= 4 is 11.6 Å². The normalized spacial score (nSPS) is 11.7. The Labute approximate surface area is 173 Å². The number of para-hydroxylation sites is 2. The highest BCUT2D eigenvalue weighted by Crippen LogP contribution is 2.22. The number of aromatic nitrogens is 2. The molecule has 1 N–H and O–H groups in total. The van der Waals surface area contributed by atoms with Gasteiger partial charge in [-0.15, -0.1) is 0 Å². The van der Waals surface area contributed by atoms with Gasteiger partial charge in [-0.1, -0.05) is 49.4 Å². The average Bonchev–Trinajstić information content (AvgIpc) is 2.75. The lowest BCUT2D eigenvalue weighted by atomic mass is 9.96. The van der Waals surface area contributed by atoms with Crippen LogP contribution in [0.5, 0.6) is 0 Å². The smallest absolute Gasteiger partial charge is 0.294 e. The summed E-state index contributed by atoms with van der Waals surface area (Å²) in [6.45, 7) is 3.98. The van der Waals surface area contributed by atoms with Crippen LogP contribution in [0, 0.1) is 17.0 Å². The van der Waals surface area contributed by atoms with Crippen LogP contribution in [0.15, 0.2) is 65.5 Å². The Hall–Kier alpha value is -3.81. The minimum Gasteiger partial charge on any atom is -0.350 e. The Morgan fingerprint density at radius 1 is 1.17 bits per heavy atom. The number of carbonyl (C=O) groups is 1. The van der Waals surface area contributed by atoms with Gasteiger partial charge in [-0.25, -0.2) is 4.68 Å². The van der Waals surface area contributed by atoms with Gasteiger partial charge < -0.3 is 5.32 Å². The Kier molecular flexibility index (Phi) is 6.36. The Balaban J connectivity index is 1.90. The molecule has 0 aliphatic heterocycles. The quantitative estimate of drug-likeness (QED) is 0.478. The predicted molar refractivity (Wildman–Crippen MR) is 113 cm³/mol. The third kappa shape index (κ3) is 4.43. The van der Waals surface area contributed by atoms with Crippen LogP contribution in [-0.2, 0) is 0 Å². The van der Waals surface area contributed by atoms with E-state index in [4.69, 9.17) is 0 Å². The standard InChI is InChI=1S/C22H22N4O4/c1-3-16(17-9-5-4-6-10-17)14-23-22(28)21-20(27)13-15(2)25(24-21)18-11-7-8-12-19(18)26(29)30/h4-13,16H,3,14H2,1-2H3,(H,23,28)/t16-/m0/s1. The fraction of sp³-hybridized carbons (Fsp3) is 0.227. The molecule has 0 unspecified atom stereocenters. The number of amides is 1. The second-order valence-corrected chi connectivity index (χ2v) is 6.88. The highest BCUT2D eigenvalue weighted by Gasteiger charge is 2.20. The number of aryl methyl sites for hydroxylation is 1. The van der Waals surface area contributed by atoms with Crippen LogP contribution in [0.3, 0.4) is 0 Å². The minimum atomic E-state index is -0.610. The van der Waals surface area contributed by atoms with E-state index in [9.17, 15) is 19.7 Å². The first-order chi connectivity index (χ1) is 14.4. The monoisotopic (exact) mass is 406 g/mol. The van der Waals surface area contributed by atoms with Crippen LogP contribution >= 0.6 is 0 Å². The van der Waals surface area contributed by atoms with Gasteiger partial charge in [0.1, 0.15) is 5.69 Å². The van der Waals surface area contributed by atoms with Crippen molar-refractivity contribution in [1.29, 1.82) is 0 Å². The first kappa shape index (κ1) is 20.9. The fourth-order valence-corrected chi connectivity index (χ4v) is 3.27. The maximum absolute atomic E-state index is 12.7. The van der Waals surface area contributed by atoms with Crippen molar-refractivity contribution in [2.24, 2.45) is 0 Å². The molecule has 0 aliphatic rings. The van der Waals surface area contributed by atoms with Crippen molar-refractivity contribution in [3.8, 4) is 5.69 Å². The van der Waals surface area contributed by atoms with Gasteiger partial charge >= 0.3 is 0 Å². The molecular formula is C22H22N4O4. The zero-order chi connectivity index (χ0) is 21.7. The molecular weight excluding hydrogens is 384 g/mol. The summed E-state index contributed by atoms with van der Waals surface area (Å²) in [5.74, 6) is -0.514. The zero-order valence-electron chi connectivity index (χ0n) is 16.7. The number of rotatable bonds is 7. The largest absolute Gasteiger partial charge is 0.350 e. The number of hydrogen-bond acceptors (Lipinski definition) is 5. The van der Waals surface area contributed by atoms with Crippen LogP contribution in [0.25, 0.3) is 5.69 Å². The van der Waals surface area contributed by atoms with Crippen molar-refractivity contribution < 1.29 is 9.72 Å². The zero-order valence-corrected chi connectivity index (χ0v) is 16.7. The molecule has 0 bridgehead atoms. The van der Waals surface area contributed by atoms with E-state index in [0.717, 1.165) is 12.0 Å². The van der Waals surface area contributed by atoms with E-state index >= 15 is 0 Å². The van der Waals surface area contributed by atoms with Crippen LogP contribution in [0.2, 0.25) is 0 Å². The van der Waals surface area contributed by atoms with Gasteiger partial charge in [0.05, 0.1) is 4.92 Å². The SMILES string of the molecule is CC[C@@H](CNC(=O)c1nn(-c2ccccc2[N+](=O)[O-])c(C)cc1=O)c1ccccc1. The van der Waals surface area contributed by atoms with Crippen LogP contribution in [-0.4, -0.2) is 27.2 Å². The van der Waals surface area contributed by atoms with E-state index in [0.29, 0.717) is 12.2 Å². The summed E-state index contributed by atoms with van der Waals surface area (Å²) in [4.78, 5) is 35.9. The third-order valence-corrected chi connectivity index (χ3v) is 4.90. The first-order valence-electron chi connectivity index (χ1n) is 9.60. The number of nitrogens with zero attached hydrogens (tertiary/aromatic N) is 3. The molecule has 8 nitrogen and oxygen atoms in total. The number of benzene rings is 2. The lowest BCUT2D eigenvalue weighted by Crippen LogP contribution is -2.34. The Bertz CT molecular complexity index is 1130. The van der Waals surface area contributed by atoms with Gasteiger partial charge in [0, 0.05) is 30.3 Å². The summed E-state index contributed by atoms with van der Waals surface area (Å²) in [6.07, 6.45) is 0.812. The highest BCUT2D eigenvalue weighted by atomic mass is 16.6. The maximum Gasteiger partial charge on any atom is 0.294 e. The molecule has 1 heterocycles. The van der Waals surface area contributed by atoms with Crippen molar-refractivity contribution in [2.45, 2.75) is 26.2 Å². The number of nitro groups is 1. The fourth-order valence-electron chi connectivity index (χ4n) is 3.27. The van der Waals surface area contributed by atoms with Gasteiger partial charge in [0.2, 0.25) is 5.43 Å². The molecule has 0 saturated heterocycles. The molecule has 0 aliphatic carbocycles. The molecule has 154 valence electrons. The van der Waals surface area contributed by atoms with E-state index in [1.165, 1.54) is 22.9 Å². The molecule has 0 spiro atoms.